The van der Waals surface area contributed by atoms with Crippen molar-refractivity contribution in [1.82, 2.24) is 15.2 Å². The van der Waals surface area contributed by atoms with E-state index in [1.165, 1.54) is 12.8 Å². The Morgan fingerprint density at radius 1 is 1.42 bits per heavy atom. The number of piperidine rings is 1. The standard InChI is InChI=1S/C15H23N3O/c1-18(12-14-4-2-3-9-17-14)15(19)6-5-13-7-10-16-11-8-13/h2-4,9,13,16H,5-8,10-12H2,1H3. The summed E-state index contributed by atoms with van der Waals surface area (Å²) >= 11 is 0. The quantitative estimate of drug-likeness (QED) is 0.879. The summed E-state index contributed by atoms with van der Waals surface area (Å²) in [5.41, 5.74) is 0.945. The van der Waals surface area contributed by atoms with Gasteiger partial charge in [0.25, 0.3) is 0 Å². The van der Waals surface area contributed by atoms with Crippen LogP contribution < -0.4 is 5.32 Å². The lowest BCUT2D eigenvalue weighted by Gasteiger charge is -2.23. The highest BCUT2D eigenvalue weighted by Crippen LogP contribution is 2.18. The summed E-state index contributed by atoms with van der Waals surface area (Å²) in [6, 6.07) is 5.80. The molecule has 1 aromatic heterocycles. The van der Waals surface area contributed by atoms with Crippen molar-refractivity contribution >= 4 is 5.91 Å². The Bertz CT molecular complexity index is 388. The SMILES string of the molecule is CN(Cc1ccccn1)C(=O)CCC1CCNCC1. The molecule has 1 saturated heterocycles. The van der Waals surface area contributed by atoms with E-state index in [0.717, 1.165) is 25.2 Å². The number of aromatic nitrogens is 1. The Morgan fingerprint density at radius 2 is 2.21 bits per heavy atom. The van der Waals surface area contributed by atoms with E-state index in [-0.39, 0.29) is 5.91 Å². The van der Waals surface area contributed by atoms with E-state index < -0.39 is 0 Å². The normalized spacial score (nSPS) is 16.3. The zero-order valence-electron chi connectivity index (χ0n) is 11.6. The smallest absolute Gasteiger partial charge is 0.222 e. The lowest BCUT2D eigenvalue weighted by atomic mass is 9.93. The number of rotatable bonds is 5. The van der Waals surface area contributed by atoms with Gasteiger partial charge in [-0.25, -0.2) is 0 Å². The molecule has 2 heterocycles. The van der Waals surface area contributed by atoms with Crippen LogP contribution in [-0.2, 0) is 11.3 Å². The van der Waals surface area contributed by atoms with Crippen molar-refractivity contribution in [2.45, 2.75) is 32.2 Å². The van der Waals surface area contributed by atoms with E-state index >= 15 is 0 Å². The number of carbonyl (C=O) groups excluding carboxylic acids is 1. The van der Waals surface area contributed by atoms with Gasteiger partial charge in [0.1, 0.15) is 0 Å². The molecule has 4 nitrogen and oxygen atoms in total. The predicted octanol–water partition coefficient (Wildman–Crippen LogP) is 1.82. The largest absolute Gasteiger partial charge is 0.340 e. The molecule has 1 N–H and O–H groups in total. The van der Waals surface area contributed by atoms with Crippen molar-refractivity contribution in [3.05, 3.63) is 30.1 Å². The second-order valence-corrected chi connectivity index (χ2v) is 5.30. The first-order valence-electron chi connectivity index (χ1n) is 7.10. The van der Waals surface area contributed by atoms with Crippen molar-refractivity contribution < 1.29 is 4.79 Å². The van der Waals surface area contributed by atoms with Gasteiger partial charge in [-0.2, -0.15) is 0 Å². The van der Waals surface area contributed by atoms with Crippen LogP contribution in [0.15, 0.2) is 24.4 Å². The summed E-state index contributed by atoms with van der Waals surface area (Å²) in [7, 11) is 1.86. The summed E-state index contributed by atoms with van der Waals surface area (Å²) in [5, 5.41) is 3.35. The number of nitrogens with zero attached hydrogens (tertiary/aromatic N) is 2. The van der Waals surface area contributed by atoms with Gasteiger partial charge in [0, 0.05) is 19.7 Å². The van der Waals surface area contributed by atoms with Crippen LogP contribution in [-0.4, -0.2) is 35.9 Å². The maximum atomic E-state index is 12.1. The Balaban J connectivity index is 1.73. The molecule has 1 fully saturated rings. The van der Waals surface area contributed by atoms with Crippen LogP contribution in [0.5, 0.6) is 0 Å². The first-order chi connectivity index (χ1) is 9.25. The monoisotopic (exact) mass is 261 g/mol. The van der Waals surface area contributed by atoms with Crippen LogP contribution in [0.3, 0.4) is 0 Å². The van der Waals surface area contributed by atoms with Crippen LogP contribution in [0.1, 0.15) is 31.4 Å². The first-order valence-corrected chi connectivity index (χ1v) is 7.10. The molecule has 0 bridgehead atoms. The third-order valence-corrected chi connectivity index (χ3v) is 3.78. The van der Waals surface area contributed by atoms with Gasteiger partial charge in [0.2, 0.25) is 5.91 Å². The molecule has 1 aromatic rings. The van der Waals surface area contributed by atoms with Crippen molar-refractivity contribution in [3.8, 4) is 0 Å². The molecule has 1 aliphatic heterocycles. The lowest BCUT2D eigenvalue weighted by molar-refractivity contribution is -0.130. The van der Waals surface area contributed by atoms with Crippen LogP contribution >= 0.6 is 0 Å². The maximum absolute atomic E-state index is 12.1. The molecule has 0 radical (unpaired) electrons. The molecule has 0 saturated carbocycles. The van der Waals surface area contributed by atoms with E-state index in [1.807, 2.05) is 25.2 Å². The van der Waals surface area contributed by atoms with Gasteiger partial charge >= 0.3 is 0 Å². The highest BCUT2D eigenvalue weighted by Gasteiger charge is 2.16. The van der Waals surface area contributed by atoms with Gasteiger partial charge in [-0.1, -0.05) is 6.07 Å². The van der Waals surface area contributed by atoms with Gasteiger partial charge in [0.15, 0.2) is 0 Å². The molecule has 1 aliphatic rings. The van der Waals surface area contributed by atoms with E-state index in [2.05, 4.69) is 10.3 Å². The highest BCUT2D eigenvalue weighted by atomic mass is 16.2. The van der Waals surface area contributed by atoms with Gasteiger partial charge in [-0.3, -0.25) is 9.78 Å². The summed E-state index contributed by atoms with van der Waals surface area (Å²) < 4.78 is 0. The molecule has 0 atom stereocenters. The number of pyridine rings is 1. The number of hydrogen-bond acceptors (Lipinski definition) is 3. The van der Waals surface area contributed by atoms with Gasteiger partial charge in [-0.05, 0) is 50.4 Å². The third-order valence-electron chi connectivity index (χ3n) is 3.78. The van der Waals surface area contributed by atoms with Crippen LogP contribution in [0, 0.1) is 5.92 Å². The molecule has 104 valence electrons. The zero-order chi connectivity index (χ0) is 13.5. The Morgan fingerprint density at radius 3 is 2.89 bits per heavy atom. The summed E-state index contributed by atoms with van der Waals surface area (Å²) in [4.78, 5) is 18.1. The van der Waals surface area contributed by atoms with Crippen molar-refractivity contribution in [1.29, 1.82) is 0 Å². The zero-order valence-corrected chi connectivity index (χ0v) is 11.6. The molecular formula is C15H23N3O. The second-order valence-electron chi connectivity index (χ2n) is 5.30. The summed E-state index contributed by atoms with van der Waals surface area (Å²) in [6.45, 7) is 2.80. The molecular weight excluding hydrogens is 238 g/mol. The molecule has 0 unspecified atom stereocenters. The molecule has 19 heavy (non-hydrogen) atoms. The van der Waals surface area contributed by atoms with Gasteiger partial charge < -0.3 is 10.2 Å². The molecule has 4 heteroatoms. The fraction of sp³-hybridized carbons (Fsp3) is 0.600. The molecule has 2 rings (SSSR count). The fourth-order valence-electron chi connectivity index (χ4n) is 2.51. The van der Waals surface area contributed by atoms with Crippen molar-refractivity contribution in [2.75, 3.05) is 20.1 Å². The fourth-order valence-corrected chi connectivity index (χ4v) is 2.51. The lowest BCUT2D eigenvalue weighted by Crippen LogP contribution is -2.30. The average Bonchev–Trinajstić information content (AvgIpc) is 2.47. The molecule has 1 amide bonds. The average molecular weight is 261 g/mol. The van der Waals surface area contributed by atoms with E-state index in [0.29, 0.717) is 18.9 Å². The topological polar surface area (TPSA) is 45.2 Å². The Labute approximate surface area is 115 Å². The minimum atomic E-state index is 0.226. The van der Waals surface area contributed by atoms with Gasteiger partial charge in [-0.15, -0.1) is 0 Å². The first kappa shape index (κ1) is 14.0. The second kappa shape index (κ2) is 7.24. The van der Waals surface area contributed by atoms with Crippen LogP contribution in [0.25, 0.3) is 0 Å². The number of hydrogen-bond donors (Lipinski definition) is 1. The third kappa shape index (κ3) is 4.63. The van der Waals surface area contributed by atoms with E-state index in [9.17, 15) is 4.79 Å². The minimum absolute atomic E-state index is 0.226. The van der Waals surface area contributed by atoms with Crippen LogP contribution in [0.2, 0.25) is 0 Å². The van der Waals surface area contributed by atoms with Gasteiger partial charge in [0.05, 0.1) is 12.2 Å². The number of carbonyl (C=O) groups is 1. The number of amides is 1. The predicted molar refractivity (Wildman–Crippen MR) is 75.5 cm³/mol. The summed E-state index contributed by atoms with van der Waals surface area (Å²) in [6.07, 6.45) is 5.86. The molecule has 0 aromatic carbocycles. The Hall–Kier alpha value is -1.42. The molecule has 0 spiro atoms. The van der Waals surface area contributed by atoms with Crippen molar-refractivity contribution in [3.63, 3.8) is 0 Å². The van der Waals surface area contributed by atoms with Crippen LogP contribution in [0.4, 0.5) is 0 Å². The van der Waals surface area contributed by atoms with Crippen molar-refractivity contribution in [2.24, 2.45) is 5.92 Å². The summed E-state index contributed by atoms with van der Waals surface area (Å²) in [5.74, 6) is 0.942. The highest BCUT2D eigenvalue weighted by molar-refractivity contribution is 5.75. The van der Waals surface area contributed by atoms with E-state index in [4.69, 9.17) is 0 Å². The Kier molecular flexibility index (Phi) is 5.33. The maximum Gasteiger partial charge on any atom is 0.222 e. The van der Waals surface area contributed by atoms with E-state index in [1.54, 1.807) is 11.1 Å². The molecule has 0 aliphatic carbocycles. The minimum Gasteiger partial charge on any atom is -0.340 e. The number of nitrogens with one attached hydrogen (secondary N) is 1.